The number of carbonyl (C=O) groups excluding carboxylic acids is 1. The molecular weight excluding hydrogens is 403 g/mol. The van der Waals surface area contributed by atoms with Crippen LogP contribution in [0.25, 0.3) is 0 Å². The van der Waals surface area contributed by atoms with Crippen molar-refractivity contribution in [2.24, 2.45) is 5.92 Å². The third kappa shape index (κ3) is 5.36. The number of nitrogens with one attached hydrogen (secondary N) is 1. The van der Waals surface area contributed by atoms with Gasteiger partial charge in [0.25, 0.3) is 0 Å². The van der Waals surface area contributed by atoms with Crippen LogP contribution in [0.15, 0.2) is 52.0 Å². The van der Waals surface area contributed by atoms with Gasteiger partial charge in [-0.15, -0.1) is 0 Å². The molecule has 1 aliphatic rings. The highest BCUT2D eigenvalue weighted by Crippen LogP contribution is 2.24. The second-order valence-electron chi connectivity index (χ2n) is 6.56. The Morgan fingerprint density at radius 3 is 2.57 bits per heavy atom. The highest BCUT2D eigenvalue weighted by molar-refractivity contribution is 7.98. The summed E-state index contributed by atoms with van der Waals surface area (Å²) >= 11 is 1.68. The second kappa shape index (κ2) is 9.58. The van der Waals surface area contributed by atoms with Gasteiger partial charge in [-0.25, -0.2) is 12.8 Å². The molecule has 1 saturated heterocycles. The van der Waals surface area contributed by atoms with E-state index in [-0.39, 0.29) is 29.8 Å². The predicted molar refractivity (Wildman–Crippen MR) is 106 cm³/mol. The quantitative estimate of drug-likeness (QED) is 0.657. The summed E-state index contributed by atoms with van der Waals surface area (Å²) in [6.07, 6.45) is 2.60. The molecule has 9 heteroatoms. The summed E-state index contributed by atoms with van der Waals surface area (Å²) in [5, 5.41) is 2.92. The van der Waals surface area contributed by atoms with Gasteiger partial charge in [0.2, 0.25) is 15.9 Å². The summed E-state index contributed by atoms with van der Waals surface area (Å²) in [5.41, 5.74) is 0. The van der Waals surface area contributed by atoms with Gasteiger partial charge < -0.3 is 9.73 Å². The lowest BCUT2D eigenvalue weighted by atomic mass is 9.97. The van der Waals surface area contributed by atoms with E-state index in [1.807, 2.05) is 12.1 Å². The summed E-state index contributed by atoms with van der Waals surface area (Å²) in [6, 6.07) is 8.57. The van der Waals surface area contributed by atoms with Gasteiger partial charge in [0.15, 0.2) is 0 Å². The zero-order chi connectivity index (χ0) is 20.0. The minimum atomic E-state index is -3.65. The van der Waals surface area contributed by atoms with Crippen LogP contribution < -0.4 is 5.32 Å². The first-order chi connectivity index (χ1) is 13.5. The maximum absolute atomic E-state index is 13.0. The summed E-state index contributed by atoms with van der Waals surface area (Å²) in [4.78, 5) is 12.4. The van der Waals surface area contributed by atoms with Crippen molar-refractivity contribution in [3.63, 3.8) is 0 Å². The summed E-state index contributed by atoms with van der Waals surface area (Å²) in [6.45, 7) is 1.13. The average molecular weight is 427 g/mol. The van der Waals surface area contributed by atoms with E-state index in [4.69, 9.17) is 4.42 Å². The molecule has 0 bridgehead atoms. The number of thioether (sulfide) groups is 1. The van der Waals surface area contributed by atoms with E-state index in [0.717, 1.165) is 29.4 Å². The van der Waals surface area contributed by atoms with Crippen LogP contribution in [0.2, 0.25) is 0 Å². The van der Waals surface area contributed by atoms with Gasteiger partial charge in [-0.2, -0.15) is 16.1 Å². The highest BCUT2D eigenvalue weighted by atomic mass is 32.2. The fourth-order valence-electron chi connectivity index (χ4n) is 3.07. The van der Waals surface area contributed by atoms with Crippen LogP contribution in [-0.2, 0) is 20.6 Å². The largest absolute Gasteiger partial charge is 0.468 e. The lowest BCUT2D eigenvalue weighted by Gasteiger charge is -2.30. The Labute approximate surface area is 168 Å². The molecule has 0 atom stereocenters. The molecule has 6 nitrogen and oxygen atoms in total. The Morgan fingerprint density at radius 2 is 1.93 bits per heavy atom. The molecule has 1 aliphatic heterocycles. The van der Waals surface area contributed by atoms with Crippen LogP contribution in [0.1, 0.15) is 18.6 Å². The number of nitrogens with zero attached hydrogens (tertiary/aromatic N) is 1. The first-order valence-electron chi connectivity index (χ1n) is 9.10. The van der Waals surface area contributed by atoms with Crippen molar-refractivity contribution in [3.8, 4) is 0 Å². The molecule has 1 aromatic carbocycles. The molecule has 2 heterocycles. The Bertz CT molecular complexity index is 862. The molecule has 1 fully saturated rings. The number of piperidine rings is 1. The van der Waals surface area contributed by atoms with Crippen LogP contribution in [0, 0.1) is 11.7 Å². The van der Waals surface area contributed by atoms with Gasteiger partial charge in [-0.05, 0) is 49.2 Å². The molecule has 1 amide bonds. The normalized spacial score (nSPS) is 16.2. The van der Waals surface area contributed by atoms with Crippen LogP contribution in [0.4, 0.5) is 4.39 Å². The van der Waals surface area contributed by atoms with Gasteiger partial charge in [-0.3, -0.25) is 4.79 Å². The van der Waals surface area contributed by atoms with Gasteiger partial charge in [0.05, 0.1) is 16.9 Å². The van der Waals surface area contributed by atoms with Crippen LogP contribution in [-0.4, -0.2) is 44.0 Å². The number of sulfonamides is 1. The first-order valence-corrected chi connectivity index (χ1v) is 11.7. The third-order valence-corrected chi connectivity index (χ3v) is 7.54. The van der Waals surface area contributed by atoms with Crippen molar-refractivity contribution in [2.45, 2.75) is 23.5 Å². The van der Waals surface area contributed by atoms with E-state index in [9.17, 15) is 17.6 Å². The number of halogens is 1. The smallest absolute Gasteiger partial charge is 0.243 e. The molecular formula is C19H23FN2O4S2. The molecule has 152 valence electrons. The van der Waals surface area contributed by atoms with Crippen molar-refractivity contribution in [2.75, 3.05) is 25.4 Å². The van der Waals surface area contributed by atoms with Crippen LogP contribution in [0.5, 0.6) is 0 Å². The van der Waals surface area contributed by atoms with Crippen molar-refractivity contribution in [1.82, 2.24) is 9.62 Å². The summed E-state index contributed by atoms with van der Waals surface area (Å²) in [5.74, 6) is 1.77. The average Bonchev–Trinajstić information content (AvgIpc) is 3.21. The summed E-state index contributed by atoms with van der Waals surface area (Å²) < 4.78 is 44.9. The number of hydrogen-bond acceptors (Lipinski definition) is 5. The number of carbonyl (C=O) groups is 1. The molecule has 0 spiro atoms. The van der Waals surface area contributed by atoms with E-state index >= 15 is 0 Å². The fraction of sp³-hybridized carbons (Fsp3) is 0.421. The van der Waals surface area contributed by atoms with Crippen LogP contribution in [0.3, 0.4) is 0 Å². The molecule has 0 radical (unpaired) electrons. The number of amides is 1. The lowest BCUT2D eigenvalue weighted by Crippen LogP contribution is -2.43. The maximum Gasteiger partial charge on any atom is 0.243 e. The van der Waals surface area contributed by atoms with E-state index in [2.05, 4.69) is 5.32 Å². The van der Waals surface area contributed by atoms with E-state index < -0.39 is 15.8 Å². The molecule has 0 aliphatic carbocycles. The van der Waals surface area contributed by atoms with Gasteiger partial charge in [0.1, 0.15) is 11.6 Å². The Balaban J connectivity index is 1.40. The Hall–Kier alpha value is -1.84. The SMILES string of the molecule is O=C(NCCSCc1ccco1)C1CCN(S(=O)(=O)c2ccc(F)cc2)CC1. The second-order valence-corrected chi connectivity index (χ2v) is 9.60. The zero-order valence-corrected chi connectivity index (χ0v) is 17.0. The van der Waals surface area contributed by atoms with E-state index in [1.165, 1.54) is 16.4 Å². The van der Waals surface area contributed by atoms with Gasteiger partial charge >= 0.3 is 0 Å². The standard InChI is InChI=1S/C19H23FN2O4S2/c20-16-3-5-18(6-4-16)28(24,25)22-10-7-15(8-11-22)19(23)21-9-13-27-14-17-2-1-12-26-17/h1-6,12,15H,7-11,13-14H2,(H,21,23). The van der Waals surface area contributed by atoms with Gasteiger partial charge in [-0.1, -0.05) is 0 Å². The molecule has 3 rings (SSSR count). The summed E-state index contributed by atoms with van der Waals surface area (Å²) in [7, 11) is -3.65. The minimum absolute atomic E-state index is 0.0302. The topological polar surface area (TPSA) is 79.6 Å². The Morgan fingerprint density at radius 1 is 1.21 bits per heavy atom. The number of benzene rings is 1. The third-order valence-electron chi connectivity index (χ3n) is 4.65. The maximum atomic E-state index is 13.0. The van der Waals surface area contributed by atoms with E-state index in [0.29, 0.717) is 19.4 Å². The van der Waals surface area contributed by atoms with Crippen molar-refractivity contribution < 1.29 is 22.0 Å². The monoisotopic (exact) mass is 426 g/mol. The number of hydrogen-bond donors (Lipinski definition) is 1. The lowest BCUT2D eigenvalue weighted by molar-refractivity contribution is -0.125. The predicted octanol–water partition coefficient (Wildman–Crippen LogP) is 2.87. The Kier molecular flexibility index (Phi) is 7.14. The highest BCUT2D eigenvalue weighted by Gasteiger charge is 2.31. The molecule has 2 aromatic rings. The zero-order valence-electron chi connectivity index (χ0n) is 15.3. The molecule has 0 saturated carbocycles. The molecule has 0 unspecified atom stereocenters. The van der Waals surface area contributed by atoms with E-state index in [1.54, 1.807) is 18.0 Å². The van der Waals surface area contributed by atoms with Crippen molar-refractivity contribution in [3.05, 3.63) is 54.2 Å². The molecule has 1 N–H and O–H groups in total. The molecule has 28 heavy (non-hydrogen) atoms. The number of furan rings is 1. The molecule has 1 aromatic heterocycles. The van der Waals surface area contributed by atoms with Crippen LogP contribution >= 0.6 is 11.8 Å². The minimum Gasteiger partial charge on any atom is -0.468 e. The van der Waals surface area contributed by atoms with Crippen molar-refractivity contribution in [1.29, 1.82) is 0 Å². The fourth-order valence-corrected chi connectivity index (χ4v) is 5.30. The van der Waals surface area contributed by atoms with Crippen molar-refractivity contribution >= 4 is 27.7 Å². The number of rotatable bonds is 8. The van der Waals surface area contributed by atoms with Gasteiger partial charge in [0, 0.05) is 31.3 Å². The first kappa shape index (κ1) is 20.9.